The molecular formula is C26H44N2O15. The van der Waals surface area contributed by atoms with E-state index in [2.05, 4.69) is 17.2 Å². The number of ether oxygens (including phenoxy) is 6. The van der Waals surface area contributed by atoms with E-state index in [4.69, 9.17) is 28.4 Å². The standard InChI is InChI=1S/C26H44N2O15/c1-7-8-38-25(37)28-15(22(36)43-26(4,5)6)11(2)39-23-16(27-12(3)31)21(18(33)14(10-30)40-23)42-24-20(35)19(34)17(32)13(9-29)41-24/h7,11,13-21,23-24,29-30,32-35H,1,8-10H2,2-6H3,(H,27,31)(H,28,37)/t11-,13-,14-,15+,16-,17+,18+,19+,20-,21-,23+,24+/m1/s1. The maximum atomic E-state index is 13.0. The summed E-state index contributed by atoms with van der Waals surface area (Å²) in [5.41, 5.74) is -0.960. The molecule has 0 aromatic rings. The summed E-state index contributed by atoms with van der Waals surface area (Å²) in [7, 11) is 0. The minimum atomic E-state index is -1.86. The van der Waals surface area contributed by atoms with Crippen molar-refractivity contribution in [3.63, 3.8) is 0 Å². The lowest BCUT2D eigenvalue weighted by Gasteiger charge is -2.48. The zero-order valence-electron chi connectivity index (χ0n) is 24.7. The van der Waals surface area contributed by atoms with Crippen LogP contribution >= 0.6 is 0 Å². The molecule has 2 aliphatic heterocycles. The van der Waals surface area contributed by atoms with Gasteiger partial charge in [-0.25, -0.2) is 9.59 Å². The molecule has 0 saturated carbocycles. The zero-order chi connectivity index (χ0) is 32.6. The summed E-state index contributed by atoms with van der Waals surface area (Å²) in [6.07, 6.45) is -15.6. The zero-order valence-corrected chi connectivity index (χ0v) is 24.7. The van der Waals surface area contributed by atoms with Crippen molar-refractivity contribution >= 4 is 18.0 Å². The molecular weight excluding hydrogens is 580 g/mol. The average Bonchev–Trinajstić information content (AvgIpc) is 2.92. The number of amides is 2. The van der Waals surface area contributed by atoms with Crippen LogP contribution in [0.15, 0.2) is 12.7 Å². The van der Waals surface area contributed by atoms with E-state index >= 15 is 0 Å². The minimum Gasteiger partial charge on any atom is -0.458 e. The van der Waals surface area contributed by atoms with Gasteiger partial charge < -0.3 is 69.7 Å². The first-order valence-electron chi connectivity index (χ1n) is 13.6. The van der Waals surface area contributed by atoms with E-state index in [0.717, 1.165) is 6.92 Å². The first-order chi connectivity index (χ1) is 20.0. The summed E-state index contributed by atoms with van der Waals surface area (Å²) < 4.78 is 33.1. The Bertz CT molecular complexity index is 944. The van der Waals surface area contributed by atoms with E-state index < -0.39 is 110 Å². The van der Waals surface area contributed by atoms with Gasteiger partial charge in [0, 0.05) is 6.92 Å². The third kappa shape index (κ3) is 10.0. The van der Waals surface area contributed by atoms with Crippen molar-refractivity contribution in [3.05, 3.63) is 12.7 Å². The smallest absolute Gasteiger partial charge is 0.408 e. The SMILES string of the molecule is C=CCOC(=O)N[C@H](C(=O)OC(C)(C)C)[C@@H](C)O[C@H]1O[C@H](CO)[C@H](O)[C@H](O[C@@H]2O[C@H](CO)[C@H](O)[C@H](O)[C@H]2O)[C@H]1NC(C)=O. The molecule has 17 heteroatoms. The number of nitrogens with one attached hydrogen (secondary N) is 2. The summed E-state index contributed by atoms with van der Waals surface area (Å²) in [6, 6.07) is -2.89. The van der Waals surface area contributed by atoms with Gasteiger partial charge in [-0.15, -0.1) is 0 Å². The Kier molecular flexibility index (Phi) is 13.7. The molecule has 248 valence electrons. The van der Waals surface area contributed by atoms with Gasteiger partial charge >= 0.3 is 12.1 Å². The molecule has 2 rings (SSSR count). The second-order valence-electron chi connectivity index (χ2n) is 11.1. The third-order valence-electron chi connectivity index (χ3n) is 6.45. The highest BCUT2D eigenvalue weighted by Gasteiger charge is 2.52. The minimum absolute atomic E-state index is 0.161. The van der Waals surface area contributed by atoms with E-state index in [1.165, 1.54) is 13.0 Å². The van der Waals surface area contributed by atoms with Crippen LogP contribution in [0.25, 0.3) is 0 Å². The number of hydrogen-bond donors (Lipinski definition) is 8. The van der Waals surface area contributed by atoms with E-state index in [0.29, 0.717) is 0 Å². The normalized spacial score (nSPS) is 34.4. The van der Waals surface area contributed by atoms with Crippen molar-refractivity contribution in [2.45, 2.75) is 114 Å². The van der Waals surface area contributed by atoms with Gasteiger partial charge in [0.2, 0.25) is 5.91 Å². The molecule has 0 aromatic carbocycles. The maximum Gasteiger partial charge on any atom is 0.408 e. The van der Waals surface area contributed by atoms with Gasteiger partial charge in [0.05, 0.1) is 19.3 Å². The van der Waals surface area contributed by atoms with Gasteiger partial charge in [0.1, 0.15) is 61.0 Å². The van der Waals surface area contributed by atoms with E-state index in [9.17, 15) is 45.0 Å². The molecule has 2 aliphatic rings. The van der Waals surface area contributed by atoms with Crippen LogP contribution in [0.1, 0.15) is 34.6 Å². The molecule has 43 heavy (non-hydrogen) atoms. The van der Waals surface area contributed by atoms with Gasteiger partial charge in [-0.05, 0) is 27.7 Å². The number of aliphatic hydroxyl groups is 6. The number of esters is 1. The van der Waals surface area contributed by atoms with E-state index in [-0.39, 0.29) is 6.61 Å². The van der Waals surface area contributed by atoms with Crippen LogP contribution in [0, 0.1) is 0 Å². The lowest BCUT2D eigenvalue weighted by molar-refractivity contribution is -0.347. The molecule has 2 heterocycles. The highest BCUT2D eigenvalue weighted by atomic mass is 16.7. The number of alkyl carbamates (subject to hydrolysis) is 1. The fourth-order valence-corrected chi connectivity index (χ4v) is 4.40. The van der Waals surface area contributed by atoms with Crippen LogP contribution in [0.5, 0.6) is 0 Å². The number of aliphatic hydroxyl groups excluding tert-OH is 6. The quantitative estimate of drug-likeness (QED) is 0.0785. The van der Waals surface area contributed by atoms with Crippen molar-refractivity contribution in [2.24, 2.45) is 0 Å². The Morgan fingerprint density at radius 1 is 0.953 bits per heavy atom. The number of carbonyl (C=O) groups is 3. The summed E-state index contributed by atoms with van der Waals surface area (Å²) in [6.45, 7) is 9.08. The monoisotopic (exact) mass is 624 g/mol. The molecule has 2 saturated heterocycles. The van der Waals surface area contributed by atoms with Crippen LogP contribution in [-0.4, -0.2) is 148 Å². The lowest BCUT2D eigenvalue weighted by atomic mass is 9.95. The number of hydrogen-bond acceptors (Lipinski definition) is 15. The summed E-state index contributed by atoms with van der Waals surface area (Å²) in [4.78, 5) is 37.6. The largest absolute Gasteiger partial charge is 0.458 e. The molecule has 12 atom stereocenters. The number of rotatable bonds is 12. The highest BCUT2D eigenvalue weighted by Crippen LogP contribution is 2.30. The Balaban J connectivity index is 2.40. The fourth-order valence-electron chi connectivity index (χ4n) is 4.40. The van der Waals surface area contributed by atoms with Crippen molar-refractivity contribution in [2.75, 3.05) is 19.8 Å². The summed E-state index contributed by atoms with van der Waals surface area (Å²) >= 11 is 0. The molecule has 17 nitrogen and oxygen atoms in total. The van der Waals surface area contributed by atoms with Crippen molar-refractivity contribution < 1.29 is 73.4 Å². The lowest BCUT2D eigenvalue weighted by Crippen LogP contribution is -2.68. The molecule has 2 fully saturated rings. The van der Waals surface area contributed by atoms with Crippen molar-refractivity contribution in [1.82, 2.24) is 10.6 Å². The molecule has 0 spiro atoms. The van der Waals surface area contributed by atoms with Crippen LogP contribution in [0.4, 0.5) is 4.79 Å². The fraction of sp³-hybridized carbons (Fsp3) is 0.808. The van der Waals surface area contributed by atoms with Gasteiger partial charge in [-0.3, -0.25) is 4.79 Å². The van der Waals surface area contributed by atoms with Crippen molar-refractivity contribution in [1.29, 1.82) is 0 Å². The third-order valence-corrected chi connectivity index (χ3v) is 6.45. The predicted octanol–water partition coefficient (Wildman–Crippen LogP) is -3.22. The second-order valence-corrected chi connectivity index (χ2v) is 11.1. The molecule has 0 radical (unpaired) electrons. The Morgan fingerprint density at radius 2 is 1.53 bits per heavy atom. The van der Waals surface area contributed by atoms with Crippen LogP contribution < -0.4 is 10.6 Å². The topological polar surface area (TPSA) is 252 Å². The molecule has 0 aliphatic carbocycles. The summed E-state index contributed by atoms with van der Waals surface area (Å²) in [5.74, 6) is -1.56. The molecule has 0 bridgehead atoms. The Labute approximate surface area is 248 Å². The first-order valence-corrected chi connectivity index (χ1v) is 13.6. The van der Waals surface area contributed by atoms with Gasteiger partial charge in [0.15, 0.2) is 18.6 Å². The molecule has 0 unspecified atom stereocenters. The van der Waals surface area contributed by atoms with Gasteiger partial charge in [0.25, 0.3) is 0 Å². The van der Waals surface area contributed by atoms with Crippen molar-refractivity contribution in [3.8, 4) is 0 Å². The maximum absolute atomic E-state index is 13.0. The first kappa shape index (κ1) is 36.7. The Hall–Kier alpha value is -2.45. The predicted molar refractivity (Wildman–Crippen MR) is 143 cm³/mol. The van der Waals surface area contributed by atoms with Gasteiger partial charge in [-0.2, -0.15) is 0 Å². The van der Waals surface area contributed by atoms with Crippen LogP contribution in [-0.2, 0) is 38.0 Å². The number of carbonyl (C=O) groups excluding carboxylic acids is 3. The summed E-state index contributed by atoms with van der Waals surface area (Å²) in [5, 5.41) is 66.0. The second kappa shape index (κ2) is 16.0. The molecule has 8 N–H and O–H groups in total. The van der Waals surface area contributed by atoms with E-state index in [1.807, 2.05) is 0 Å². The van der Waals surface area contributed by atoms with Crippen LogP contribution in [0.3, 0.4) is 0 Å². The van der Waals surface area contributed by atoms with Gasteiger partial charge in [-0.1, -0.05) is 12.7 Å². The Morgan fingerprint density at radius 3 is 2.07 bits per heavy atom. The molecule has 2 amide bonds. The van der Waals surface area contributed by atoms with Crippen LogP contribution in [0.2, 0.25) is 0 Å². The highest BCUT2D eigenvalue weighted by molar-refractivity contribution is 5.82. The van der Waals surface area contributed by atoms with E-state index in [1.54, 1.807) is 20.8 Å². The average molecular weight is 625 g/mol. The molecule has 0 aromatic heterocycles.